The van der Waals surface area contributed by atoms with Gasteiger partial charge < -0.3 is 15.5 Å². The van der Waals surface area contributed by atoms with Crippen LogP contribution in [0.1, 0.15) is 12.8 Å². The Bertz CT molecular complexity index is 945. The molecule has 142 valence electrons. The number of piperidine rings is 1. The Hall–Kier alpha value is -2.42. The van der Waals surface area contributed by atoms with Crippen LogP contribution in [-0.4, -0.2) is 67.0 Å². The van der Waals surface area contributed by atoms with Crippen molar-refractivity contribution in [2.75, 3.05) is 31.6 Å². The van der Waals surface area contributed by atoms with Crippen molar-refractivity contribution in [1.29, 1.82) is 0 Å². The summed E-state index contributed by atoms with van der Waals surface area (Å²) in [7, 11) is 0. The monoisotopic (exact) mass is 388 g/mol. The smallest absolute Gasteiger partial charge is 0.192 e. The summed E-state index contributed by atoms with van der Waals surface area (Å²) in [6, 6.07) is 5.10. The van der Waals surface area contributed by atoms with Gasteiger partial charge in [-0.05, 0) is 37.6 Å². The van der Waals surface area contributed by atoms with Crippen molar-refractivity contribution in [3.05, 3.63) is 35.6 Å². The minimum absolute atomic E-state index is 0.0411. The van der Waals surface area contributed by atoms with Crippen molar-refractivity contribution in [2.45, 2.75) is 18.9 Å². The predicted octanol–water partition coefficient (Wildman–Crippen LogP) is 2.02. The molecule has 8 nitrogen and oxygen atoms in total. The molecule has 0 saturated carbocycles. The van der Waals surface area contributed by atoms with Crippen molar-refractivity contribution in [3.8, 4) is 17.1 Å². The Kier molecular flexibility index (Phi) is 5.11. The molecule has 3 N–H and O–H groups in total. The third kappa shape index (κ3) is 3.69. The van der Waals surface area contributed by atoms with Crippen molar-refractivity contribution >= 4 is 23.1 Å². The average molecular weight is 389 g/mol. The zero-order valence-electron chi connectivity index (χ0n) is 14.7. The second-order valence-corrected chi connectivity index (χ2v) is 7.10. The first-order valence-electron chi connectivity index (χ1n) is 8.94. The van der Waals surface area contributed by atoms with E-state index in [2.05, 4.69) is 25.4 Å². The van der Waals surface area contributed by atoms with Crippen LogP contribution in [0.15, 0.2) is 30.6 Å². The number of nitrogens with zero attached hydrogens (tertiary/aromatic N) is 5. The third-order valence-corrected chi connectivity index (χ3v) is 5.02. The van der Waals surface area contributed by atoms with Crippen LogP contribution in [0.5, 0.6) is 5.75 Å². The van der Waals surface area contributed by atoms with Crippen LogP contribution in [0, 0.1) is 0 Å². The van der Waals surface area contributed by atoms with E-state index in [-0.39, 0.29) is 18.4 Å². The summed E-state index contributed by atoms with van der Waals surface area (Å²) in [6.45, 7) is 2.68. The number of hydrogen-bond acceptors (Lipinski definition) is 7. The number of fused-ring (bicyclic) bond motifs is 1. The number of hydrogen-bond donors (Lipinski definition) is 3. The van der Waals surface area contributed by atoms with Gasteiger partial charge in [-0.1, -0.05) is 11.6 Å². The van der Waals surface area contributed by atoms with Crippen LogP contribution in [0.3, 0.4) is 0 Å². The summed E-state index contributed by atoms with van der Waals surface area (Å²) in [5.41, 5.74) is 1.18. The van der Waals surface area contributed by atoms with Gasteiger partial charge in [0, 0.05) is 36.5 Å². The normalized spacial score (nSPS) is 18.1. The van der Waals surface area contributed by atoms with E-state index in [1.165, 1.54) is 6.07 Å². The molecule has 9 heteroatoms. The lowest BCUT2D eigenvalue weighted by Gasteiger charge is -2.32. The third-order valence-electron chi connectivity index (χ3n) is 4.79. The molecule has 4 rings (SSSR count). The number of aromatic nitrogens is 4. The van der Waals surface area contributed by atoms with Gasteiger partial charge in [0.15, 0.2) is 17.3 Å². The fourth-order valence-corrected chi connectivity index (χ4v) is 3.69. The Morgan fingerprint density at radius 2 is 2.19 bits per heavy atom. The minimum atomic E-state index is 0.0411. The molecule has 0 radical (unpaired) electrons. The van der Waals surface area contributed by atoms with E-state index in [0.717, 1.165) is 25.9 Å². The molecule has 1 atom stereocenters. The molecular formula is C18H21ClN6O2. The lowest BCUT2D eigenvalue weighted by atomic mass is 10.1. The van der Waals surface area contributed by atoms with E-state index in [1.807, 2.05) is 0 Å². The summed E-state index contributed by atoms with van der Waals surface area (Å²) >= 11 is 5.92. The molecule has 0 amide bonds. The first-order chi connectivity index (χ1) is 13.2. The number of imidazole rings is 1. The molecule has 0 aliphatic carbocycles. The zero-order chi connectivity index (χ0) is 18.8. The van der Waals surface area contributed by atoms with Crippen LogP contribution >= 0.6 is 11.6 Å². The molecule has 1 aromatic carbocycles. The van der Waals surface area contributed by atoms with Crippen LogP contribution in [0.25, 0.3) is 17.0 Å². The van der Waals surface area contributed by atoms with Crippen molar-refractivity contribution < 1.29 is 10.2 Å². The van der Waals surface area contributed by atoms with Gasteiger partial charge in [-0.25, -0.2) is 4.98 Å². The van der Waals surface area contributed by atoms with E-state index in [9.17, 15) is 5.11 Å². The summed E-state index contributed by atoms with van der Waals surface area (Å²) in [5.74, 6) is 1.14. The first kappa shape index (κ1) is 18.0. The number of aliphatic hydroxyl groups excluding tert-OH is 1. The van der Waals surface area contributed by atoms with E-state index in [4.69, 9.17) is 16.7 Å². The number of aromatic hydroxyl groups is 1. The van der Waals surface area contributed by atoms with E-state index in [0.29, 0.717) is 34.4 Å². The summed E-state index contributed by atoms with van der Waals surface area (Å²) < 4.78 is 1.80. The molecule has 1 aliphatic heterocycles. The molecule has 3 aromatic rings. The van der Waals surface area contributed by atoms with Gasteiger partial charge in [-0.15, -0.1) is 10.2 Å². The average Bonchev–Trinajstić information content (AvgIpc) is 3.14. The highest BCUT2D eigenvalue weighted by Gasteiger charge is 2.22. The molecule has 0 unspecified atom stereocenters. The second-order valence-electron chi connectivity index (χ2n) is 6.66. The molecule has 1 saturated heterocycles. The molecular weight excluding hydrogens is 368 g/mol. The van der Waals surface area contributed by atoms with Crippen LogP contribution in [0.2, 0.25) is 5.02 Å². The maximum Gasteiger partial charge on any atom is 0.192 e. The number of phenolic OH excluding ortho intramolecular Hbond substituents is 1. The highest BCUT2D eigenvalue weighted by molar-refractivity contribution is 6.30. The Balaban J connectivity index is 1.63. The molecule has 1 aliphatic rings. The second kappa shape index (κ2) is 7.67. The highest BCUT2D eigenvalue weighted by Crippen LogP contribution is 2.31. The lowest BCUT2D eigenvalue weighted by Crippen LogP contribution is -2.43. The first-order valence-corrected chi connectivity index (χ1v) is 9.32. The van der Waals surface area contributed by atoms with Crippen molar-refractivity contribution in [1.82, 2.24) is 24.5 Å². The number of aliphatic hydroxyl groups is 1. The standard InChI is InChI=1S/C18H21ClN6O2/c19-12-3-4-14(15(27)10-12)17-23-22-16(18-20-5-7-25(17)18)21-13-2-1-6-24(11-13)8-9-26/h3-5,7,10,13,26-27H,1-2,6,8-9,11H2,(H,21,22)/t13-/m1/s1. The zero-order valence-corrected chi connectivity index (χ0v) is 15.5. The van der Waals surface area contributed by atoms with Gasteiger partial charge in [-0.2, -0.15) is 0 Å². The number of anilines is 1. The summed E-state index contributed by atoms with van der Waals surface area (Å²) in [6.07, 6.45) is 5.56. The molecule has 0 spiro atoms. The van der Waals surface area contributed by atoms with Gasteiger partial charge in [-0.3, -0.25) is 9.30 Å². The number of phenols is 1. The Labute approximate surface area is 161 Å². The lowest BCUT2D eigenvalue weighted by molar-refractivity contribution is 0.166. The number of β-amino-alcohol motifs (C(OH)–C–C–N with tert-alkyl or cyclic N) is 1. The Morgan fingerprint density at radius 1 is 1.30 bits per heavy atom. The van der Waals surface area contributed by atoms with E-state index >= 15 is 0 Å². The number of nitrogens with one attached hydrogen (secondary N) is 1. The fraction of sp³-hybridized carbons (Fsp3) is 0.389. The van der Waals surface area contributed by atoms with Crippen molar-refractivity contribution in [2.24, 2.45) is 0 Å². The van der Waals surface area contributed by atoms with Gasteiger partial charge in [0.2, 0.25) is 0 Å². The SMILES string of the molecule is OCCN1CCC[C@@H](Nc2nnc(-c3ccc(Cl)cc3O)n3ccnc23)C1. The molecule has 0 bridgehead atoms. The number of rotatable bonds is 5. The van der Waals surface area contributed by atoms with Gasteiger partial charge in [0.25, 0.3) is 0 Å². The Morgan fingerprint density at radius 3 is 3.00 bits per heavy atom. The fourth-order valence-electron chi connectivity index (χ4n) is 3.52. The molecule has 2 aromatic heterocycles. The molecule has 3 heterocycles. The largest absolute Gasteiger partial charge is 0.507 e. The number of benzene rings is 1. The minimum Gasteiger partial charge on any atom is -0.507 e. The van der Waals surface area contributed by atoms with Gasteiger partial charge in [0.05, 0.1) is 12.2 Å². The molecule has 27 heavy (non-hydrogen) atoms. The maximum absolute atomic E-state index is 10.2. The molecule has 1 fully saturated rings. The van der Waals surface area contributed by atoms with Crippen LogP contribution in [-0.2, 0) is 0 Å². The quantitative estimate of drug-likeness (QED) is 0.615. The number of halogens is 1. The van der Waals surface area contributed by atoms with Gasteiger partial charge >= 0.3 is 0 Å². The summed E-state index contributed by atoms with van der Waals surface area (Å²) in [4.78, 5) is 6.64. The van der Waals surface area contributed by atoms with Crippen LogP contribution in [0.4, 0.5) is 5.82 Å². The van der Waals surface area contributed by atoms with Crippen molar-refractivity contribution in [3.63, 3.8) is 0 Å². The van der Waals surface area contributed by atoms with E-state index < -0.39 is 0 Å². The van der Waals surface area contributed by atoms with E-state index in [1.54, 1.807) is 28.9 Å². The highest BCUT2D eigenvalue weighted by atomic mass is 35.5. The van der Waals surface area contributed by atoms with Crippen LogP contribution < -0.4 is 5.32 Å². The number of likely N-dealkylation sites (tertiary alicyclic amines) is 1. The summed E-state index contributed by atoms with van der Waals surface area (Å²) in [5, 5.41) is 31.9. The maximum atomic E-state index is 10.2. The van der Waals surface area contributed by atoms with Gasteiger partial charge in [0.1, 0.15) is 5.75 Å². The topological polar surface area (TPSA) is 98.8 Å². The predicted molar refractivity (Wildman–Crippen MR) is 103 cm³/mol.